The quantitative estimate of drug-likeness (QED) is 0.583. The lowest BCUT2D eigenvalue weighted by Gasteiger charge is -2.20. The van der Waals surface area contributed by atoms with Crippen LogP contribution in [0.1, 0.15) is 44.4 Å². The van der Waals surface area contributed by atoms with Crippen molar-refractivity contribution >= 4 is 17.6 Å². The summed E-state index contributed by atoms with van der Waals surface area (Å²) in [7, 11) is 4.09. The number of nitrogens with zero attached hydrogens (tertiary/aromatic N) is 2. The second-order valence-electron chi connectivity index (χ2n) is 8.21. The van der Waals surface area contributed by atoms with Crippen molar-refractivity contribution in [2.45, 2.75) is 38.9 Å². The molecule has 0 fully saturated rings. The number of anilines is 2. The zero-order valence-electron chi connectivity index (χ0n) is 17.9. The molecule has 1 aromatic carbocycles. The van der Waals surface area contributed by atoms with Crippen LogP contribution < -0.4 is 10.6 Å². The summed E-state index contributed by atoms with van der Waals surface area (Å²) in [5.41, 5.74) is 1.53. The van der Waals surface area contributed by atoms with Gasteiger partial charge in [0.05, 0.1) is 0 Å². The first kappa shape index (κ1) is 22.6. The van der Waals surface area contributed by atoms with E-state index >= 15 is 0 Å². The van der Waals surface area contributed by atoms with Crippen molar-refractivity contribution in [2.24, 2.45) is 0 Å². The Bertz CT molecular complexity index is 785. The van der Waals surface area contributed by atoms with Crippen molar-refractivity contribution in [3.63, 3.8) is 0 Å². The predicted molar refractivity (Wildman–Crippen MR) is 116 cm³/mol. The first-order valence-electron chi connectivity index (χ1n) is 9.76. The molecule has 0 aliphatic rings. The Kier molecular flexibility index (Phi) is 7.99. The van der Waals surface area contributed by atoms with Crippen LogP contribution in [0.25, 0.3) is 0 Å². The molecule has 1 amide bonds. The highest BCUT2D eigenvalue weighted by Gasteiger charge is 2.16. The molecule has 0 aliphatic heterocycles. The summed E-state index contributed by atoms with van der Waals surface area (Å²) in [6.07, 6.45) is 1.40. The van der Waals surface area contributed by atoms with Crippen molar-refractivity contribution in [2.75, 3.05) is 37.8 Å². The Morgan fingerprint density at radius 1 is 1.17 bits per heavy atom. The fourth-order valence-corrected chi connectivity index (χ4v) is 2.69. The minimum absolute atomic E-state index is 0.509. The van der Waals surface area contributed by atoms with Gasteiger partial charge in [0.15, 0.2) is 0 Å². The molecule has 29 heavy (non-hydrogen) atoms. The number of hydrogen-bond acceptors (Lipinski definition) is 6. The summed E-state index contributed by atoms with van der Waals surface area (Å²) < 4.78 is 5.24. The van der Waals surface area contributed by atoms with Gasteiger partial charge in [-0.1, -0.05) is 12.1 Å². The normalized spacial score (nSPS) is 12.5. The van der Waals surface area contributed by atoms with E-state index in [0.717, 1.165) is 36.5 Å². The van der Waals surface area contributed by atoms with Gasteiger partial charge in [-0.3, -0.25) is 5.32 Å². The molecule has 2 rings (SSSR count). The van der Waals surface area contributed by atoms with E-state index in [1.807, 2.05) is 40.9 Å². The smallest absolute Gasteiger partial charge is 0.412 e. The number of carbonyl (C=O) groups is 1. The zero-order chi connectivity index (χ0) is 21.4. The molecule has 0 saturated carbocycles. The van der Waals surface area contributed by atoms with Crippen molar-refractivity contribution in [3.8, 4) is 0 Å². The third kappa shape index (κ3) is 8.09. The number of amides is 1. The molecule has 0 bridgehead atoms. The number of aliphatic hydroxyl groups is 1. The third-order valence-corrected chi connectivity index (χ3v) is 4.06. The minimum Gasteiger partial charge on any atom is -0.444 e. The number of ether oxygens (including phenoxy) is 1. The van der Waals surface area contributed by atoms with Gasteiger partial charge in [0.25, 0.3) is 0 Å². The van der Waals surface area contributed by atoms with E-state index < -0.39 is 17.8 Å². The maximum absolute atomic E-state index is 11.9. The monoisotopic (exact) mass is 400 g/mol. The number of nitrogens with one attached hydrogen (secondary N) is 2. The van der Waals surface area contributed by atoms with Crippen molar-refractivity contribution in [1.82, 2.24) is 9.88 Å². The van der Waals surface area contributed by atoms with E-state index in [1.54, 1.807) is 36.5 Å². The van der Waals surface area contributed by atoms with Crippen LogP contribution in [0.15, 0.2) is 42.6 Å². The molecular formula is C22H32N4O3. The Morgan fingerprint density at radius 3 is 2.48 bits per heavy atom. The Hall–Kier alpha value is -2.64. The highest BCUT2D eigenvalue weighted by molar-refractivity contribution is 5.84. The number of aromatic nitrogens is 1. The fourth-order valence-electron chi connectivity index (χ4n) is 2.69. The standard InChI is InChI=1S/C22H32N4O3/c1-22(2,3)29-21(28)25-18-9-7-16(8-10-18)20(27)17-11-13-24-19(15-17)23-12-6-14-26(4)5/h7-11,13,15,20,27H,6,12,14H2,1-5H3,(H,23,24)(H,25,28). The van der Waals surface area contributed by atoms with E-state index in [-0.39, 0.29) is 0 Å². The third-order valence-electron chi connectivity index (χ3n) is 4.06. The molecule has 0 radical (unpaired) electrons. The Morgan fingerprint density at radius 2 is 1.86 bits per heavy atom. The van der Waals surface area contributed by atoms with Gasteiger partial charge >= 0.3 is 6.09 Å². The molecule has 7 nitrogen and oxygen atoms in total. The largest absolute Gasteiger partial charge is 0.444 e. The molecule has 0 spiro atoms. The summed E-state index contributed by atoms with van der Waals surface area (Å²) in [5, 5.41) is 16.7. The van der Waals surface area contributed by atoms with Crippen LogP contribution in [-0.2, 0) is 4.74 Å². The molecule has 7 heteroatoms. The van der Waals surface area contributed by atoms with Gasteiger partial charge in [-0.15, -0.1) is 0 Å². The average Bonchev–Trinajstić information content (AvgIpc) is 2.64. The topological polar surface area (TPSA) is 86.7 Å². The maximum atomic E-state index is 11.9. The molecule has 1 unspecified atom stereocenters. The number of hydrogen-bond donors (Lipinski definition) is 3. The van der Waals surface area contributed by atoms with Gasteiger partial charge in [0.2, 0.25) is 0 Å². The molecule has 0 saturated heterocycles. The molecule has 0 aliphatic carbocycles. The van der Waals surface area contributed by atoms with Crippen LogP contribution >= 0.6 is 0 Å². The van der Waals surface area contributed by atoms with E-state index in [9.17, 15) is 9.90 Å². The second kappa shape index (κ2) is 10.2. The molecule has 1 atom stereocenters. The van der Waals surface area contributed by atoms with E-state index in [2.05, 4.69) is 20.5 Å². The highest BCUT2D eigenvalue weighted by Crippen LogP contribution is 2.24. The molecule has 1 heterocycles. The van der Waals surface area contributed by atoms with E-state index in [0.29, 0.717) is 5.69 Å². The van der Waals surface area contributed by atoms with Crippen LogP contribution in [0.5, 0.6) is 0 Å². The summed E-state index contributed by atoms with van der Waals surface area (Å²) in [5.74, 6) is 0.739. The lowest BCUT2D eigenvalue weighted by molar-refractivity contribution is 0.0636. The number of benzene rings is 1. The molecular weight excluding hydrogens is 368 g/mol. The van der Waals surface area contributed by atoms with Gasteiger partial charge in [-0.05, 0) is 83.2 Å². The summed E-state index contributed by atoms with van der Waals surface area (Å²) >= 11 is 0. The first-order chi connectivity index (χ1) is 13.6. The van der Waals surface area contributed by atoms with E-state index in [1.165, 1.54) is 0 Å². The van der Waals surface area contributed by atoms with Gasteiger partial charge in [-0.25, -0.2) is 9.78 Å². The summed E-state index contributed by atoms with van der Waals surface area (Å²) in [4.78, 5) is 18.3. The van der Waals surface area contributed by atoms with Gasteiger partial charge in [0.1, 0.15) is 17.5 Å². The lowest BCUT2D eigenvalue weighted by atomic mass is 10.0. The first-order valence-corrected chi connectivity index (χ1v) is 9.76. The fraction of sp³-hybridized carbons (Fsp3) is 0.455. The predicted octanol–water partition coefficient (Wildman–Crippen LogP) is 3.87. The maximum Gasteiger partial charge on any atom is 0.412 e. The van der Waals surface area contributed by atoms with Crippen molar-refractivity contribution in [1.29, 1.82) is 0 Å². The SMILES string of the molecule is CN(C)CCCNc1cc(C(O)c2ccc(NC(=O)OC(C)(C)C)cc2)ccn1. The van der Waals surface area contributed by atoms with Crippen LogP contribution in [0, 0.1) is 0 Å². The van der Waals surface area contributed by atoms with Gasteiger partial charge in [-0.2, -0.15) is 0 Å². The Labute approximate surface area is 173 Å². The summed E-state index contributed by atoms with van der Waals surface area (Å²) in [6.45, 7) is 7.25. The Balaban J connectivity index is 1.97. The molecule has 3 N–H and O–H groups in total. The summed E-state index contributed by atoms with van der Waals surface area (Å²) in [6, 6.07) is 10.7. The number of carbonyl (C=O) groups excluding carboxylic acids is 1. The molecule has 158 valence electrons. The van der Waals surface area contributed by atoms with Gasteiger partial charge in [0, 0.05) is 18.4 Å². The lowest BCUT2D eigenvalue weighted by Crippen LogP contribution is -2.27. The van der Waals surface area contributed by atoms with Crippen LogP contribution in [0.4, 0.5) is 16.3 Å². The zero-order valence-corrected chi connectivity index (χ0v) is 17.9. The van der Waals surface area contributed by atoms with Gasteiger partial charge < -0.3 is 20.1 Å². The second-order valence-corrected chi connectivity index (χ2v) is 8.21. The van der Waals surface area contributed by atoms with Crippen LogP contribution in [0.3, 0.4) is 0 Å². The van der Waals surface area contributed by atoms with Crippen LogP contribution in [0.2, 0.25) is 0 Å². The van der Waals surface area contributed by atoms with E-state index in [4.69, 9.17) is 4.74 Å². The highest BCUT2D eigenvalue weighted by atomic mass is 16.6. The number of aliphatic hydroxyl groups excluding tert-OH is 1. The van der Waals surface area contributed by atoms with Crippen LogP contribution in [-0.4, -0.2) is 53.9 Å². The van der Waals surface area contributed by atoms with Crippen molar-refractivity contribution < 1.29 is 14.6 Å². The average molecular weight is 401 g/mol. The number of pyridine rings is 1. The molecule has 2 aromatic rings. The van der Waals surface area contributed by atoms with Crippen molar-refractivity contribution in [3.05, 3.63) is 53.7 Å². The minimum atomic E-state index is -0.782. The number of rotatable bonds is 8. The molecule has 1 aromatic heterocycles.